The molecule has 0 fully saturated rings. The third-order valence-electron chi connectivity index (χ3n) is 3.31. The van der Waals surface area contributed by atoms with E-state index in [0.29, 0.717) is 4.99 Å². The van der Waals surface area contributed by atoms with E-state index >= 15 is 0 Å². The maximum Gasteiger partial charge on any atom is 0.119 e. The normalized spacial score (nSPS) is 10.7. The van der Waals surface area contributed by atoms with Crippen LogP contribution in [0.4, 0.5) is 0 Å². The fraction of sp³-hybridized carbons (Fsp3) is 0.0625. The van der Waals surface area contributed by atoms with Gasteiger partial charge in [0.25, 0.3) is 0 Å². The standard InChI is InChI=1S/C16H14N2OS/c1-19-11-7-8-13-12(9-11)14(16(17)20)15(18-13)10-5-3-2-4-6-10/h2-9,18H,1H3,(H2,17,20). The topological polar surface area (TPSA) is 51.0 Å². The summed E-state index contributed by atoms with van der Waals surface area (Å²) in [5, 5.41) is 0.982. The predicted molar refractivity (Wildman–Crippen MR) is 86.2 cm³/mol. The Kier molecular flexibility index (Phi) is 3.16. The molecule has 2 aromatic carbocycles. The number of thiocarbonyl (C=S) groups is 1. The molecular formula is C16H14N2OS. The zero-order valence-electron chi connectivity index (χ0n) is 11.0. The van der Waals surface area contributed by atoms with Crippen molar-refractivity contribution in [3.8, 4) is 17.0 Å². The summed E-state index contributed by atoms with van der Waals surface area (Å²) in [6, 6.07) is 15.9. The molecule has 0 saturated carbocycles. The van der Waals surface area contributed by atoms with Gasteiger partial charge in [-0.15, -0.1) is 0 Å². The smallest absolute Gasteiger partial charge is 0.119 e. The van der Waals surface area contributed by atoms with Crippen molar-refractivity contribution in [2.75, 3.05) is 7.11 Å². The molecule has 0 radical (unpaired) electrons. The molecule has 3 nitrogen and oxygen atoms in total. The van der Waals surface area contributed by atoms with Crippen LogP contribution >= 0.6 is 12.2 Å². The number of methoxy groups -OCH3 is 1. The number of ether oxygens (including phenoxy) is 1. The molecular weight excluding hydrogens is 268 g/mol. The van der Waals surface area contributed by atoms with Crippen molar-refractivity contribution < 1.29 is 4.74 Å². The first-order valence-electron chi connectivity index (χ1n) is 6.25. The highest BCUT2D eigenvalue weighted by Gasteiger charge is 2.15. The fourth-order valence-corrected chi connectivity index (χ4v) is 2.59. The second-order valence-corrected chi connectivity index (χ2v) is 4.96. The van der Waals surface area contributed by atoms with E-state index in [1.54, 1.807) is 7.11 Å². The van der Waals surface area contributed by atoms with Crippen molar-refractivity contribution in [3.63, 3.8) is 0 Å². The first-order chi connectivity index (χ1) is 9.70. The van der Waals surface area contributed by atoms with E-state index in [-0.39, 0.29) is 0 Å². The van der Waals surface area contributed by atoms with E-state index in [4.69, 9.17) is 22.7 Å². The van der Waals surface area contributed by atoms with Crippen LogP contribution in [-0.4, -0.2) is 17.1 Å². The third-order valence-corrected chi connectivity index (χ3v) is 3.52. The van der Waals surface area contributed by atoms with Gasteiger partial charge in [0.1, 0.15) is 10.7 Å². The maximum atomic E-state index is 5.92. The van der Waals surface area contributed by atoms with Gasteiger partial charge in [0.15, 0.2) is 0 Å². The molecule has 0 aliphatic rings. The zero-order valence-corrected chi connectivity index (χ0v) is 11.8. The van der Waals surface area contributed by atoms with Gasteiger partial charge in [0, 0.05) is 16.5 Å². The van der Waals surface area contributed by atoms with Crippen molar-refractivity contribution in [2.45, 2.75) is 0 Å². The van der Waals surface area contributed by atoms with Crippen LogP contribution in [0.15, 0.2) is 48.5 Å². The lowest BCUT2D eigenvalue weighted by molar-refractivity contribution is 0.415. The molecule has 0 spiro atoms. The van der Waals surface area contributed by atoms with Crippen LogP contribution < -0.4 is 10.5 Å². The number of H-pyrrole nitrogens is 1. The highest BCUT2D eigenvalue weighted by molar-refractivity contribution is 7.80. The molecule has 0 bridgehead atoms. The Morgan fingerprint density at radius 3 is 2.55 bits per heavy atom. The molecule has 3 aromatic rings. The number of benzene rings is 2. The Morgan fingerprint density at radius 1 is 1.15 bits per heavy atom. The van der Waals surface area contributed by atoms with Gasteiger partial charge in [-0.1, -0.05) is 42.5 Å². The molecule has 0 aliphatic carbocycles. The highest BCUT2D eigenvalue weighted by atomic mass is 32.1. The summed E-state index contributed by atoms with van der Waals surface area (Å²) >= 11 is 5.23. The first kappa shape index (κ1) is 12.7. The number of fused-ring (bicyclic) bond motifs is 1. The molecule has 0 saturated heterocycles. The predicted octanol–water partition coefficient (Wildman–Crippen LogP) is 3.48. The fourth-order valence-electron chi connectivity index (χ4n) is 2.38. The van der Waals surface area contributed by atoms with Crippen molar-refractivity contribution >= 4 is 28.1 Å². The van der Waals surface area contributed by atoms with Crippen molar-refractivity contribution in [1.29, 1.82) is 0 Å². The summed E-state index contributed by atoms with van der Waals surface area (Å²) in [6.45, 7) is 0. The molecule has 1 heterocycles. The van der Waals surface area contributed by atoms with Crippen molar-refractivity contribution in [2.24, 2.45) is 5.73 Å². The SMILES string of the molecule is COc1ccc2[nH]c(-c3ccccc3)c(C(N)=S)c2c1. The monoisotopic (exact) mass is 282 g/mol. The summed E-state index contributed by atoms with van der Waals surface area (Å²) in [7, 11) is 1.65. The summed E-state index contributed by atoms with van der Waals surface area (Å²) in [6.07, 6.45) is 0. The molecule has 0 unspecified atom stereocenters. The van der Waals surface area contributed by atoms with E-state index in [1.807, 2.05) is 48.5 Å². The van der Waals surface area contributed by atoms with E-state index in [0.717, 1.165) is 33.5 Å². The van der Waals surface area contributed by atoms with Gasteiger partial charge >= 0.3 is 0 Å². The lowest BCUT2D eigenvalue weighted by Crippen LogP contribution is -2.10. The molecule has 0 atom stereocenters. The molecule has 3 rings (SSSR count). The van der Waals surface area contributed by atoms with E-state index in [2.05, 4.69) is 4.98 Å². The second kappa shape index (κ2) is 4.98. The van der Waals surface area contributed by atoms with Gasteiger partial charge in [-0.2, -0.15) is 0 Å². The largest absolute Gasteiger partial charge is 0.497 e. The Hall–Kier alpha value is -2.33. The van der Waals surface area contributed by atoms with Crippen LogP contribution in [0.3, 0.4) is 0 Å². The number of nitrogens with two attached hydrogens (primary N) is 1. The average molecular weight is 282 g/mol. The Bertz CT molecular complexity index is 778. The summed E-state index contributed by atoms with van der Waals surface area (Å²) in [5.74, 6) is 0.786. The average Bonchev–Trinajstić information content (AvgIpc) is 2.86. The minimum atomic E-state index is 0.378. The van der Waals surface area contributed by atoms with Gasteiger partial charge in [0.05, 0.1) is 12.8 Å². The number of rotatable bonds is 3. The minimum Gasteiger partial charge on any atom is -0.497 e. The third kappa shape index (κ3) is 2.04. The van der Waals surface area contributed by atoms with Gasteiger partial charge in [-0.3, -0.25) is 0 Å². The van der Waals surface area contributed by atoms with Crippen molar-refractivity contribution in [3.05, 3.63) is 54.1 Å². The van der Waals surface area contributed by atoms with Crippen LogP contribution in [-0.2, 0) is 0 Å². The van der Waals surface area contributed by atoms with Crippen LogP contribution in [0, 0.1) is 0 Å². The van der Waals surface area contributed by atoms with Crippen LogP contribution in [0.5, 0.6) is 5.75 Å². The van der Waals surface area contributed by atoms with Crippen LogP contribution in [0.2, 0.25) is 0 Å². The number of aromatic amines is 1. The minimum absolute atomic E-state index is 0.378. The summed E-state index contributed by atoms with van der Waals surface area (Å²) < 4.78 is 5.27. The lowest BCUT2D eigenvalue weighted by Gasteiger charge is -2.03. The Morgan fingerprint density at radius 2 is 1.90 bits per heavy atom. The Labute approximate surface area is 122 Å². The number of nitrogens with one attached hydrogen (secondary N) is 1. The lowest BCUT2D eigenvalue weighted by atomic mass is 10.1. The molecule has 1 aromatic heterocycles. The first-order valence-corrected chi connectivity index (χ1v) is 6.66. The highest BCUT2D eigenvalue weighted by Crippen LogP contribution is 2.32. The van der Waals surface area contributed by atoms with Crippen molar-refractivity contribution in [1.82, 2.24) is 4.98 Å². The summed E-state index contributed by atoms with van der Waals surface area (Å²) in [5.41, 5.74) is 9.79. The quantitative estimate of drug-likeness (QED) is 0.723. The molecule has 3 N–H and O–H groups in total. The van der Waals surface area contributed by atoms with Crippen LogP contribution in [0.25, 0.3) is 22.2 Å². The van der Waals surface area contributed by atoms with Gasteiger partial charge in [-0.05, 0) is 23.8 Å². The molecule has 20 heavy (non-hydrogen) atoms. The van der Waals surface area contributed by atoms with Gasteiger partial charge in [-0.25, -0.2) is 0 Å². The van der Waals surface area contributed by atoms with E-state index in [1.165, 1.54) is 0 Å². The molecule has 100 valence electrons. The zero-order chi connectivity index (χ0) is 14.1. The van der Waals surface area contributed by atoms with E-state index in [9.17, 15) is 0 Å². The maximum absolute atomic E-state index is 5.92. The molecule has 0 amide bonds. The van der Waals surface area contributed by atoms with Gasteiger partial charge < -0.3 is 15.5 Å². The Balaban J connectivity index is 2.32. The molecule has 0 aliphatic heterocycles. The summed E-state index contributed by atoms with van der Waals surface area (Å²) in [4.78, 5) is 3.77. The van der Waals surface area contributed by atoms with Crippen LogP contribution in [0.1, 0.15) is 5.56 Å². The van der Waals surface area contributed by atoms with E-state index < -0.39 is 0 Å². The molecule has 4 heteroatoms. The number of hydrogen-bond donors (Lipinski definition) is 2. The van der Waals surface area contributed by atoms with Gasteiger partial charge in [0.2, 0.25) is 0 Å². The second-order valence-electron chi connectivity index (χ2n) is 4.52. The number of aromatic nitrogens is 1. The number of hydrogen-bond acceptors (Lipinski definition) is 2.